The summed E-state index contributed by atoms with van der Waals surface area (Å²) in [6.45, 7) is 5.83. The number of hydrogen-bond acceptors (Lipinski definition) is 5. The highest BCUT2D eigenvalue weighted by Gasteiger charge is 2.30. The van der Waals surface area contributed by atoms with Gasteiger partial charge in [-0.25, -0.2) is 8.42 Å². The summed E-state index contributed by atoms with van der Waals surface area (Å²) >= 11 is 12.8. The molecule has 0 aliphatic carbocycles. The first-order valence-electron chi connectivity index (χ1n) is 12.6. The first kappa shape index (κ1) is 31.7. The number of ether oxygens (including phenoxy) is 1. The number of carbonyl (C=O) groups is 2. The van der Waals surface area contributed by atoms with Gasteiger partial charge >= 0.3 is 0 Å². The van der Waals surface area contributed by atoms with E-state index in [2.05, 4.69) is 5.32 Å². The highest BCUT2D eigenvalue weighted by molar-refractivity contribution is 7.92. The lowest BCUT2D eigenvalue weighted by molar-refractivity contribution is -0.141. The Morgan fingerprint density at radius 2 is 1.68 bits per heavy atom. The molecule has 0 aromatic heterocycles. The van der Waals surface area contributed by atoms with Crippen LogP contribution < -0.4 is 14.4 Å². The predicted octanol–water partition coefficient (Wildman–Crippen LogP) is 5.27. The van der Waals surface area contributed by atoms with Crippen LogP contribution in [0.25, 0.3) is 0 Å². The zero-order valence-corrected chi connectivity index (χ0v) is 24.9. The van der Waals surface area contributed by atoms with E-state index in [-0.39, 0.29) is 43.8 Å². The van der Waals surface area contributed by atoms with Crippen LogP contribution in [0.1, 0.15) is 52.0 Å². The predicted molar refractivity (Wildman–Crippen MR) is 153 cm³/mol. The van der Waals surface area contributed by atoms with Crippen LogP contribution in [0, 0.1) is 0 Å². The Kier molecular flexibility index (Phi) is 12.2. The fourth-order valence-corrected chi connectivity index (χ4v) is 5.46. The van der Waals surface area contributed by atoms with E-state index in [1.54, 1.807) is 42.5 Å². The number of carbonyl (C=O) groups excluding carboxylic acids is 2. The number of nitrogens with one attached hydrogen (secondary N) is 1. The summed E-state index contributed by atoms with van der Waals surface area (Å²) in [6.07, 6.45) is 2.50. The Morgan fingerprint density at radius 1 is 1.05 bits per heavy atom. The van der Waals surface area contributed by atoms with Crippen LogP contribution in [0.2, 0.25) is 10.0 Å². The van der Waals surface area contributed by atoms with Gasteiger partial charge in [0, 0.05) is 47.2 Å². The minimum Gasteiger partial charge on any atom is -0.497 e. The Morgan fingerprint density at radius 3 is 2.24 bits per heavy atom. The van der Waals surface area contributed by atoms with Crippen LogP contribution in [-0.2, 0) is 26.2 Å². The first-order valence-corrected chi connectivity index (χ1v) is 15.2. The molecule has 0 saturated heterocycles. The summed E-state index contributed by atoms with van der Waals surface area (Å²) in [7, 11) is -2.11. The van der Waals surface area contributed by atoms with E-state index in [4.69, 9.17) is 27.9 Å². The van der Waals surface area contributed by atoms with Crippen LogP contribution >= 0.6 is 23.2 Å². The van der Waals surface area contributed by atoms with E-state index >= 15 is 0 Å². The molecule has 2 atom stereocenters. The van der Waals surface area contributed by atoms with Gasteiger partial charge in [-0.3, -0.25) is 13.9 Å². The monoisotopic (exact) mass is 585 g/mol. The van der Waals surface area contributed by atoms with E-state index in [0.29, 0.717) is 33.5 Å². The fraction of sp³-hybridized carbons (Fsp3) is 0.481. The normalized spacial score (nSPS) is 12.9. The molecular formula is C27H37Cl2N3O5S. The molecule has 11 heteroatoms. The molecule has 2 aromatic rings. The van der Waals surface area contributed by atoms with Gasteiger partial charge in [-0.2, -0.15) is 0 Å². The van der Waals surface area contributed by atoms with Crippen LogP contribution in [0.3, 0.4) is 0 Å². The fourth-order valence-electron chi connectivity index (χ4n) is 3.98. The number of anilines is 1. The standard InChI is InChI=1S/C27H37Cl2N3O5S/c1-6-19(3)30-27(34)25(7-2)31(18-22-23(28)13-9-14-24(22)29)26(33)15-10-16-32(38(5,35)36)20-11-8-12-21(17-20)37-4/h8-9,11-14,17,19,25H,6-7,10,15-16,18H2,1-5H3,(H,30,34)/t19-,25+/m1/s1. The number of amides is 2. The maximum absolute atomic E-state index is 13.6. The van der Waals surface area contributed by atoms with Gasteiger partial charge in [0.1, 0.15) is 11.8 Å². The van der Waals surface area contributed by atoms with Crippen LogP contribution in [0.5, 0.6) is 5.75 Å². The summed E-state index contributed by atoms with van der Waals surface area (Å²) in [5.74, 6) is -0.0353. The van der Waals surface area contributed by atoms with E-state index in [1.165, 1.54) is 16.3 Å². The third-order valence-electron chi connectivity index (χ3n) is 6.27. The molecule has 0 heterocycles. The summed E-state index contributed by atoms with van der Waals surface area (Å²) in [6, 6.07) is 11.0. The number of sulfonamides is 1. The van der Waals surface area contributed by atoms with Crippen molar-refractivity contribution in [3.8, 4) is 5.75 Å². The average molecular weight is 587 g/mol. The molecule has 0 aliphatic heterocycles. The lowest BCUT2D eigenvalue weighted by Gasteiger charge is -2.32. The third kappa shape index (κ3) is 8.78. The molecule has 0 fully saturated rings. The van der Waals surface area contributed by atoms with Crippen molar-refractivity contribution < 1.29 is 22.7 Å². The molecule has 0 saturated carbocycles. The Bertz CT molecular complexity index is 1190. The van der Waals surface area contributed by atoms with Gasteiger partial charge in [0.15, 0.2) is 0 Å². The van der Waals surface area contributed by atoms with Crippen molar-refractivity contribution in [2.24, 2.45) is 0 Å². The number of halogens is 2. The van der Waals surface area contributed by atoms with E-state index in [1.807, 2.05) is 20.8 Å². The summed E-state index contributed by atoms with van der Waals surface area (Å²) < 4.78 is 31.5. The van der Waals surface area contributed by atoms with Crippen molar-refractivity contribution in [1.82, 2.24) is 10.2 Å². The van der Waals surface area contributed by atoms with Crippen molar-refractivity contribution >= 4 is 50.7 Å². The number of nitrogens with zero attached hydrogens (tertiary/aromatic N) is 2. The molecule has 0 bridgehead atoms. The lowest BCUT2D eigenvalue weighted by Crippen LogP contribution is -2.50. The smallest absolute Gasteiger partial charge is 0.243 e. The molecule has 2 rings (SSSR count). The molecule has 2 aromatic carbocycles. The molecular weight excluding hydrogens is 549 g/mol. The number of hydrogen-bond donors (Lipinski definition) is 1. The van der Waals surface area contributed by atoms with Crippen LogP contribution in [0.15, 0.2) is 42.5 Å². The van der Waals surface area contributed by atoms with Gasteiger partial charge in [-0.1, -0.05) is 49.2 Å². The molecule has 0 spiro atoms. The molecule has 38 heavy (non-hydrogen) atoms. The van der Waals surface area contributed by atoms with Crippen molar-refractivity contribution in [2.75, 3.05) is 24.2 Å². The molecule has 0 aliphatic rings. The second-order valence-corrected chi connectivity index (χ2v) is 11.8. The van der Waals surface area contributed by atoms with Crippen molar-refractivity contribution in [3.05, 3.63) is 58.1 Å². The minimum atomic E-state index is -3.62. The maximum atomic E-state index is 13.6. The number of rotatable bonds is 14. The van der Waals surface area contributed by atoms with Crippen molar-refractivity contribution in [2.45, 2.75) is 65.1 Å². The zero-order valence-electron chi connectivity index (χ0n) is 22.5. The van der Waals surface area contributed by atoms with Gasteiger partial charge in [0.2, 0.25) is 21.8 Å². The van der Waals surface area contributed by atoms with Gasteiger partial charge in [-0.05, 0) is 50.5 Å². The summed E-state index contributed by atoms with van der Waals surface area (Å²) in [4.78, 5) is 28.2. The molecule has 8 nitrogen and oxygen atoms in total. The van der Waals surface area contributed by atoms with Gasteiger partial charge < -0.3 is 15.0 Å². The van der Waals surface area contributed by atoms with E-state index in [0.717, 1.165) is 12.7 Å². The Labute approximate surface area is 236 Å². The molecule has 2 amide bonds. The Balaban J connectivity index is 2.29. The quantitative estimate of drug-likeness (QED) is 0.326. The van der Waals surface area contributed by atoms with Crippen molar-refractivity contribution in [1.29, 1.82) is 0 Å². The molecule has 0 radical (unpaired) electrons. The second-order valence-electron chi connectivity index (χ2n) is 9.10. The maximum Gasteiger partial charge on any atom is 0.243 e. The largest absolute Gasteiger partial charge is 0.497 e. The minimum absolute atomic E-state index is 0.0190. The van der Waals surface area contributed by atoms with E-state index < -0.39 is 16.1 Å². The van der Waals surface area contributed by atoms with Crippen molar-refractivity contribution in [3.63, 3.8) is 0 Å². The first-order chi connectivity index (χ1) is 17.9. The van der Waals surface area contributed by atoms with Gasteiger partial charge in [0.25, 0.3) is 0 Å². The SMILES string of the molecule is CC[C@@H](C)NC(=O)[C@H](CC)N(Cc1c(Cl)cccc1Cl)C(=O)CCCN(c1cccc(OC)c1)S(C)(=O)=O. The average Bonchev–Trinajstić information content (AvgIpc) is 2.87. The van der Waals surface area contributed by atoms with E-state index in [9.17, 15) is 18.0 Å². The number of methoxy groups -OCH3 is 1. The lowest BCUT2D eigenvalue weighted by atomic mass is 10.1. The molecule has 210 valence electrons. The highest BCUT2D eigenvalue weighted by Crippen LogP contribution is 2.28. The molecule has 0 unspecified atom stereocenters. The number of benzene rings is 2. The van der Waals surface area contributed by atoms with Gasteiger partial charge in [-0.15, -0.1) is 0 Å². The van der Waals surface area contributed by atoms with Gasteiger partial charge in [0.05, 0.1) is 19.1 Å². The highest BCUT2D eigenvalue weighted by atomic mass is 35.5. The second kappa shape index (κ2) is 14.6. The molecule has 1 N–H and O–H groups in total. The topological polar surface area (TPSA) is 96.0 Å². The summed E-state index contributed by atoms with van der Waals surface area (Å²) in [5.41, 5.74) is 0.992. The summed E-state index contributed by atoms with van der Waals surface area (Å²) in [5, 5.41) is 3.75. The third-order valence-corrected chi connectivity index (χ3v) is 8.17. The van der Waals surface area contributed by atoms with Crippen LogP contribution in [0.4, 0.5) is 5.69 Å². The van der Waals surface area contributed by atoms with Crippen LogP contribution in [-0.4, -0.2) is 57.1 Å². The zero-order chi connectivity index (χ0) is 28.5. The Hall–Kier alpha value is -2.49.